The quantitative estimate of drug-likeness (QED) is 0.0989. The van der Waals surface area contributed by atoms with Gasteiger partial charge in [-0.1, -0.05) is 101 Å². The normalized spacial score (nSPS) is 10.9. The Kier molecular flexibility index (Phi) is 11.1. The molecule has 3 heteroatoms. The highest BCUT2D eigenvalue weighted by atomic mass is 32.1. The van der Waals surface area contributed by atoms with Crippen LogP contribution >= 0.6 is 22.7 Å². The summed E-state index contributed by atoms with van der Waals surface area (Å²) < 4.78 is 0. The molecule has 0 unspecified atom stereocenters. The smallest absolute Gasteiger partial charge is 0.0816 e. The van der Waals surface area contributed by atoms with Crippen molar-refractivity contribution in [2.75, 3.05) is 0 Å². The second kappa shape index (κ2) is 15.6. The molecule has 0 aliphatic heterocycles. The van der Waals surface area contributed by atoms with Crippen LogP contribution in [0.5, 0.6) is 0 Å². The minimum Gasteiger partial charge on any atom is -0.247 e. The molecule has 0 saturated heterocycles. The van der Waals surface area contributed by atoms with Crippen LogP contribution < -0.4 is 0 Å². The summed E-state index contributed by atoms with van der Waals surface area (Å²) in [5, 5.41) is 3.36. The third kappa shape index (κ3) is 8.23. The Hall–Kier alpha value is -3.63. The molecule has 5 rings (SSSR count). The summed E-state index contributed by atoms with van der Waals surface area (Å²) in [4.78, 5) is 8.32. The Balaban J connectivity index is 1.20. The highest BCUT2D eigenvalue weighted by Gasteiger charge is 2.12. The Labute approximate surface area is 260 Å². The number of hydrogen-bond acceptors (Lipinski definition) is 3. The number of terminal acetylenes is 1. The van der Waals surface area contributed by atoms with Crippen molar-refractivity contribution in [3.63, 3.8) is 0 Å². The van der Waals surface area contributed by atoms with E-state index >= 15 is 0 Å². The van der Waals surface area contributed by atoms with E-state index in [9.17, 15) is 0 Å². The fourth-order valence-electron chi connectivity index (χ4n) is 5.35. The molecule has 0 aliphatic carbocycles. The van der Waals surface area contributed by atoms with E-state index in [1.165, 1.54) is 69.8 Å². The molecule has 42 heavy (non-hydrogen) atoms. The summed E-state index contributed by atoms with van der Waals surface area (Å²) in [6.45, 7) is 2.28. The summed E-state index contributed by atoms with van der Waals surface area (Å²) >= 11 is 3.46. The Morgan fingerprint density at radius 3 is 2.24 bits per heavy atom. The van der Waals surface area contributed by atoms with Crippen molar-refractivity contribution in [2.24, 2.45) is 0 Å². The predicted octanol–water partition coefficient (Wildman–Crippen LogP) is 11.5. The molecule has 3 heterocycles. The van der Waals surface area contributed by atoms with Gasteiger partial charge in [0, 0.05) is 10.9 Å². The molecule has 0 atom stereocenters. The second-order valence-corrected chi connectivity index (χ2v) is 13.0. The van der Waals surface area contributed by atoms with Crippen LogP contribution in [-0.2, 0) is 6.42 Å². The second-order valence-electron chi connectivity index (χ2n) is 11.0. The van der Waals surface area contributed by atoms with E-state index in [1.807, 2.05) is 18.2 Å². The van der Waals surface area contributed by atoms with Crippen LogP contribution in [0.3, 0.4) is 0 Å². The number of thiophene rings is 2. The lowest BCUT2D eigenvalue weighted by atomic mass is 9.98. The largest absolute Gasteiger partial charge is 0.247 e. The summed E-state index contributed by atoms with van der Waals surface area (Å²) in [6, 6.07) is 25.2. The van der Waals surface area contributed by atoms with Crippen LogP contribution in [-0.4, -0.2) is 4.98 Å². The molecule has 0 radical (unpaired) electrons. The minimum atomic E-state index is 0.864. The van der Waals surface area contributed by atoms with E-state index in [4.69, 9.17) is 11.4 Å². The van der Waals surface area contributed by atoms with Crippen molar-refractivity contribution in [1.82, 2.24) is 4.98 Å². The van der Waals surface area contributed by atoms with Crippen molar-refractivity contribution in [2.45, 2.75) is 77.6 Å². The Bertz CT molecular complexity index is 1690. The molecule has 0 fully saturated rings. The molecule has 0 amide bonds. The van der Waals surface area contributed by atoms with Gasteiger partial charge in [0.25, 0.3) is 0 Å². The molecular weight excluding hydrogens is 547 g/mol. The Morgan fingerprint density at radius 2 is 1.48 bits per heavy atom. The number of aryl methyl sites for hydroxylation is 1. The molecule has 0 N–H and O–H groups in total. The molecule has 1 nitrogen and oxygen atoms in total. The van der Waals surface area contributed by atoms with E-state index < -0.39 is 0 Å². The predicted molar refractivity (Wildman–Crippen MR) is 184 cm³/mol. The number of nitrogens with zero attached hydrogens (tertiary/aromatic N) is 1. The van der Waals surface area contributed by atoms with E-state index in [0.717, 1.165) is 54.3 Å². The number of rotatable bonds is 13. The van der Waals surface area contributed by atoms with Crippen molar-refractivity contribution >= 4 is 33.6 Å². The third-order valence-electron chi connectivity index (χ3n) is 7.70. The van der Waals surface area contributed by atoms with Gasteiger partial charge >= 0.3 is 0 Å². The standard InChI is InChI=1S/C39H39NS2/c1-3-5-6-7-8-9-10-11-12-14-17-31-26-34(41-29-31)22-21-33-23-25-39(42-33)38-28-35(32-18-15-13-16-19-32)36-27-30(4-2)20-24-37(36)40-38/h2,13,15-16,18-20,23-29H,3,5-12,14,17H2,1H3. The lowest BCUT2D eigenvalue weighted by molar-refractivity contribution is 0.556. The van der Waals surface area contributed by atoms with Gasteiger partial charge < -0.3 is 0 Å². The van der Waals surface area contributed by atoms with Gasteiger partial charge in [0.15, 0.2) is 0 Å². The van der Waals surface area contributed by atoms with Gasteiger partial charge in [-0.05, 0) is 89.2 Å². The maximum atomic E-state index is 5.70. The number of fused-ring (bicyclic) bond motifs is 1. The molecule has 0 aliphatic rings. The fraction of sp³-hybridized carbons (Fsp3) is 0.308. The molecule has 0 spiro atoms. The molecule has 5 aromatic rings. The van der Waals surface area contributed by atoms with Gasteiger partial charge in [0.05, 0.1) is 25.8 Å². The highest BCUT2D eigenvalue weighted by molar-refractivity contribution is 7.16. The number of hydrogen-bond donors (Lipinski definition) is 0. The maximum absolute atomic E-state index is 5.70. The first-order chi connectivity index (χ1) is 20.7. The lowest BCUT2D eigenvalue weighted by Crippen LogP contribution is -1.89. The van der Waals surface area contributed by atoms with Crippen LogP contribution in [0.4, 0.5) is 0 Å². The minimum absolute atomic E-state index is 0.864. The van der Waals surface area contributed by atoms with Crippen molar-refractivity contribution < 1.29 is 0 Å². The summed E-state index contributed by atoms with van der Waals surface area (Å²) in [5.74, 6) is 9.57. The number of aromatic nitrogens is 1. The van der Waals surface area contributed by atoms with E-state index in [1.54, 1.807) is 22.7 Å². The average Bonchev–Trinajstić information content (AvgIpc) is 3.70. The van der Waals surface area contributed by atoms with Crippen LogP contribution in [0.15, 0.2) is 78.2 Å². The first-order valence-corrected chi connectivity index (χ1v) is 17.1. The molecule has 2 aromatic carbocycles. The maximum Gasteiger partial charge on any atom is 0.0816 e. The fourth-order valence-corrected chi connectivity index (χ4v) is 6.97. The Morgan fingerprint density at radius 1 is 0.738 bits per heavy atom. The van der Waals surface area contributed by atoms with Gasteiger partial charge in [-0.15, -0.1) is 29.1 Å². The number of unbranched alkanes of at least 4 members (excludes halogenated alkanes) is 9. The zero-order valence-corrected chi connectivity index (χ0v) is 26.3. The van der Waals surface area contributed by atoms with Gasteiger partial charge in [0.2, 0.25) is 0 Å². The first-order valence-electron chi connectivity index (χ1n) is 15.4. The monoisotopic (exact) mass is 585 g/mol. The molecule has 0 bridgehead atoms. The molecule has 0 saturated carbocycles. The topological polar surface area (TPSA) is 12.9 Å². The van der Waals surface area contributed by atoms with E-state index in [2.05, 4.69) is 84.7 Å². The van der Waals surface area contributed by atoms with Crippen LogP contribution in [0.2, 0.25) is 0 Å². The average molecular weight is 586 g/mol. The first kappa shape index (κ1) is 29.8. The molecule has 212 valence electrons. The van der Waals surface area contributed by atoms with Gasteiger partial charge in [0.1, 0.15) is 0 Å². The van der Waals surface area contributed by atoms with Crippen molar-refractivity contribution in [3.8, 4) is 45.9 Å². The van der Waals surface area contributed by atoms with Gasteiger partial charge in [-0.2, -0.15) is 0 Å². The number of pyridine rings is 1. The zero-order chi connectivity index (χ0) is 29.0. The summed E-state index contributed by atoms with van der Waals surface area (Å²) in [7, 11) is 0. The SMILES string of the molecule is C#Cc1ccc2nc(-c3ccc(C#Cc4cc(CCCCCCCCCCCC)cs4)s3)cc(-c3ccccc3)c2c1. The zero-order valence-electron chi connectivity index (χ0n) is 24.6. The summed E-state index contributed by atoms with van der Waals surface area (Å²) in [6.07, 6.45) is 20.6. The molecule has 3 aromatic heterocycles. The van der Waals surface area contributed by atoms with E-state index in [0.29, 0.717) is 0 Å². The van der Waals surface area contributed by atoms with Gasteiger partial charge in [-0.3, -0.25) is 0 Å². The van der Waals surface area contributed by atoms with Crippen molar-refractivity contribution in [1.29, 1.82) is 0 Å². The van der Waals surface area contributed by atoms with Crippen LogP contribution in [0.25, 0.3) is 32.6 Å². The third-order valence-corrected chi connectivity index (χ3v) is 9.62. The highest BCUT2D eigenvalue weighted by Crippen LogP contribution is 2.35. The van der Waals surface area contributed by atoms with Crippen LogP contribution in [0.1, 0.15) is 92.0 Å². The van der Waals surface area contributed by atoms with Crippen LogP contribution in [0, 0.1) is 24.2 Å². The summed E-state index contributed by atoms with van der Waals surface area (Å²) in [5.41, 5.74) is 6.49. The van der Waals surface area contributed by atoms with E-state index in [-0.39, 0.29) is 0 Å². The number of benzene rings is 2. The lowest BCUT2D eigenvalue weighted by Gasteiger charge is -2.10. The van der Waals surface area contributed by atoms with Gasteiger partial charge in [-0.25, -0.2) is 4.98 Å². The van der Waals surface area contributed by atoms with Crippen molar-refractivity contribution in [3.05, 3.63) is 99.1 Å². The molecular formula is C39H39NS2.